The predicted octanol–water partition coefficient (Wildman–Crippen LogP) is 4.12. The molecule has 1 heterocycles. The lowest BCUT2D eigenvalue weighted by molar-refractivity contribution is -0.114. The van der Waals surface area contributed by atoms with Crippen molar-refractivity contribution in [1.29, 1.82) is 0 Å². The van der Waals surface area contributed by atoms with Gasteiger partial charge in [-0.05, 0) is 57.5 Å². The fraction of sp³-hybridized carbons (Fsp3) is 0.391. The van der Waals surface area contributed by atoms with Crippen LogP contribution in [-0.2, 0) is 19.1 Å². The molecule has 11 heteroatoms. The van der Waals surface area contributed by atoms with Crippen LogP contribution < -0.4 is 15.4 Å². The summed E-state index contributed by atoms with van der Waals surface area (Å²) >= 11 is 2.07. The first-order chi connectivity index (χ1) is 16.3. The van der Waals surface area contributed by atoms with E-state index in [0.717, 1.165) is 23.1 Å². The van der Waals surface area contributed by atoms with E-state index in [0.29, 0.717) is 23.6 Å². The summed E-state index contributed by atoms with van der Waals surface area (Å²) in [4.78, 5) is 49.5. The lowest BCUT2D eigenvalue weighted by Crippen LogP contribution is -2.19. The Morgan fingerprint density at radius 1 is 0.853 bits per heavy atom. The van der Waals surface area contributed by atoms with Gasteiger partial charge in [-0.2, -0.15) is 0 Å². The summed E-state index contributed by atoms with van der Waals surface area (Å²) in [5.74, 6) is -1.13. The number of hydrogen-bond acceptors (Lipinski definition) is 9. The number of thioether (sulfide) groups is 1. The van der Waals surface area contributed by atoms with Crippen LogP contribution in [-0.4, -0.2) is 55.1 Å². The SMILES string of the molecule is CCOC(=O)c1sc(NC(=O)CSCC(=O)Nc2ccc(OCC)cc2)c(C(=O)OCC)c1C. The summed E-state index contributed by atoms with van der Waals surface area (Å²) in [5, 5.41) is 5.62. The molecule has 0 radical (unpaired) electrons. The van der Waals surface area contributed by atoms with Gasteiger partial charge < -0.3 is 24.8 Å². The molecular formula is C23H28N2O7S2. The molecule has 2 aromatic rings. The summed E-state index contributed by atoms with van der Waals surface area (Å²) in [6, 6.07) is 6.98. The second-order valence-corrected chi connectivity index (χ2v) is 8.75. The molecule has 0 saturated carbocycles. The average molecular weight is 509 g/mol. The molecule has 0 unspecified atom stereocenters. The van der Waals surface area contributed by atoms with Gasteiger partial charge in [0.2, 0.25) is 11.8 Å². The van der Waals surface area contributed by atoms with Crippen molar-refractivity contribution in [2.45, 2.75) is 27.7 Å². The molecule has 1 aromatic heterocycles. The Morgan fingerprint density at radius 2 is 1.44 bits per heavy atom. The van der Waals surface area contributed by atoms with Gasteiger partial charge >= 0.3 is 11.9 Å². The van der Waals surface area contributed by atoms with Gasteiger partial charge in [-0.3, -0.25) is 9.59 Å². The van der Waals surface area contributed by atoms with Gasteiger partial charge in [0.1, 0.15) is 15.6 Å². The molecular weight excluding hydrogens is 480 g/mol. The molecule has 1 aromatic carbocycles. The number of hydrogen-bond donors (Lipinski definition) is 2. The van der Waals surface area contributed by atoms with Crippen LogP contribution in [0.2, 0.25) is 0 Å². The Bertz CT molecular complexity index is 1020. The summed E-state index contributed by atoms with van der Waals surface area (Å²) in [7, 11) is 0. The van der Waals surface area contributed by atoms with E-state index in [4.69, 9.17) is 14.2 Å². The van der Waals surface area contributed by atoms with Crippen molar-refractivity contribution in [2.75, 3.05) is 42.0 Å². The molecule has 9 nitrogen and oxygen atoms in total. The molecule has 0 aliphatic heterocycles. The minimum Gasteiger partial charge on any atom is -0.494 e. The van der Waals surface area contributed by atoms with Crippen molar-refractivity contribution in [1.82, 2.24) is 0 Å². The normalized spacial score (nSPS) is 10.4. The van der Waals surface area contributed by atoms with E-state index < -0.39 is 17.8 Å². The third-order valence-electron chi connectivity index (χ3n) is 4.26. The number of anilines is 2. The number of ether oxygens (including phenoxy) is 3. The Morgan fingerprint density at radius 3 is 2.03 bits per heavy atom. The van der Waals surface area contributed by atoms with Gasteiger partial charge in [0.15, 0.2) is 0 Å². The first kappa shape index (κ1) is 27.2. The molecule has 34 heavy (non-hydrogen) atoms. The van der Waals surface area contributed by atoms with Gasteiger partial charge in [0.05, 0.1) is 36.9 Å². The van der Waals surface area contributed by atoms with Gasteiger partial charge in [0.25, 0.3) is 0 Å². The minimum atomic E-state index is -0.635. The molecule has 0 aliphatic rings. The maximum absolute atomic E-state index is 12.5. The highest BCUT2D eigenvalue weighted by Gasteiger charge is 2.27. The van der Waals surface area contributed by atoms with Crippen LogP contribution in [0.25, 0.3) is 0 Å². The number of amides is 2. The topological polar surface area (TPSA) is 120 Å². The third kappa shape index (κ3) is 7.77. The van der Waals surface area contributed by atoms with Crippen LogP contribution in [0.4, 0.5) is 10.7 Å². The van der Waals surface area contributed by atoms with Gasteiger partial charge in [-0.1, -0.05) is 0 Å². The summed E-state index contributed by atoms with van der Waals surface area (Å²) in [6.45, 7) is 7.72. The molecule has 0 spiro atoms. The molecule has 184 valence electrons. The van der Waals surface area contributed by atoms with Crippen molar-refractivity contribution in [3.8, 4) is 5.75 Å². The number of benzene rings is 1. The molecule has 0 saturated heterocycles. The second-order valence-electron chi connectivity index (χ2n) is 6.75. The van der Waals surface area contributed by atoms with Gasteiger partial charge in [-0.15, -0.1) is 23.1 Å². The Balaban J connectivity index is 1.95. The minimum absolute atomic E-state index is 0.0232. The number of rotatable bonds is 12. The van der Waals surface area contributed by atoms with Crippen LogP contribution in [0.5, 0.6) is 5.75 Å². The molecule has 0 atom stereocenters. The fourth-order valence-electron chi connectivity index (χ4n) is 2.84. The maximum atomic E-state index is 12.5. The Kier molecular flexibility index (Phi) is 10.9. The molecule has 2 N–H and O–H groups in total. The molecule has 0 fully saturated rings. The highest BCUT2D eigenvalue weighted by molar-refractivity contribution is 8.00. The van der Waals surface area contributed by atoms with Crippen molar-refractivity contribution >= 4 is 57.5 Å². The second kappa shape index (κ2) is 13.6. The quantitative estimate of drug-likeness (QED) is 0.411. The molecule has 2 amide bonds. The standard InChI is InChI=1S/C23H28N2O7S2/c1-5-30-16-10-8-15(9-11-16)24-17(26)12-33-13-18(27)25-21-19(22(28)31-6-2)14(4)20(34-21)23(29)32-7-3/h8-11H,5-7,12-13H2,1-4H3,(H,24,26)(H,25,27). The first-order valence-corrected chi connectivity index (χ1v) is 12.7. The van der Waals surface area contributed by atoms with E-state index in [2.05, 4.69) is 10.6 Å². The molecule has 0 aliphatic carbocycles. The maximum Gasteiger partial charge on any atom is 0.348 e. The number of carbonyl (C=O) groups is 4. The number of thiophene rings is 1. The van der Waals surface area contributed by atoms with Crippen molar-refractivity contribution in [3.63, 3.8) is 0 Å². The van der Waals surface area contributed by atoms with Crippen molar-refractivity contribution < 1.29 is 33.4 Å². The van der Waals surface area contributed by atoms with E-state index in [9.17, 15) is 19.2 Å². The Labute approximate surface area is 206 Å². The summed E-state index contributed by atoms with van der Waals surface area (Å²) in [6.07, 6.45) is 0. The highest BCUT2D eigenvalue weighted by Crippen LogP contribution is 2.34. The number of nitrogens with one attached hydrogen (secondary N) is 2. The van der Waals surface area contributed by atoms with Crippen LogP contribution in [0.1, 0.15) is 46.4 Å². The number of carbonyl (C=O) groups excluding carboxylic acids is 4. The van der Waals surface area contributed by atoms with Crippen LogP contribution in [0.3, 0.4) is 0 Å². The zero-order chi connectivity index (χ0) is 25.1. The van der Waals surface area contributed by atoms with Crippen LogP contribution in [0.15, 0.2) is 24.3 Å². The van der Waals surface area contributed by atoms with Gasteiger partial charge in [-0.25, -0.2) is 9.59 Å². The smallest absolute Gasteiger partial charge is 0.348 e. The zero-order valence-electron chi connectivity index (χ0n) is 19.5. The molecule has 0 bridgehead atoms. The highest BCUT2D eigenvalue weighted by atomic mass is 32.2. The van der Waals surface area contributed by atoms with E-state index in [1.807, 2.05) is 6.92 Å². The van der Waals surface area contributed by atoms with Crippen molar-refractivity contribution in [2.24, 2.45) is 0 Å². The number of esters is 2. The lowest BCUT2D eigenvalue weighted by atomic mass is 10.1. The lowest BCUT2D eigenvalue weighted by Gasteiger charge is -2.08. The monoisotopic (exact) mass is 508 g/mol. The summed E-state index contributed by atoms with van der Waals surface area (Å²) < 4.78 is 15.5. The van der Waals surface area contributed by atoms with Crippen molar-refractivity contribution in [3.05, 3.63) is 40.3 Å². The molecule has 2 rings (SSSR count). The fourth-order valence-corrected chi connectivity index (χ4v) is 4.56. The van der Waals surface area contributed by atoms with Gasteiger partial charge in [0, 0.05) is 5.69 Å². The van der Waals surface area contributed by atoms with Crippen LogP contribution in [0, 0.1) is 6.92 Å². The largest absolute Gasteiger partial charge is 0.494 e. The van der Waals surface area contributed by atoms with E-state index in [-0.39, 0.29) is 46.1 Å². The van der Waals surface area contributed by atoms with E-state index in [1.54, 1.807) is 45.0 Å². The van der Waals surface area contributed by atoms with Crippen LogP contribution >= 0.6 is 23.1 Å². The third-order valence-corrected chi connectivity index (χ3v) is 6.38. The van der Waals surface area contributed by atoms with E-state index in [1.165, 1.54) is 0 Å². The average Bonchev–Trinajstić information content (AvgIpc) is 3.11. The first-order valence-electron chi connectivity index (χ1n) is 10.7. The Hall–Kier alpha value is -3.05. The predicted molar refractivity (Wildman–Crippen MR) is 133 cm³/mol. The summed E-state index contributed by atoms with van der Waals surface area (Å²) in [5.41, 5.74) is 1.14. The van der Waals surface area contributed by atoms with E-state index >= 15 is 0 Å². The zero-order valence-corrected chi connectivity index (χ0v) is 21.2.